The van der Waals surface area contributed by atoms with Crippen molar-refractivity contribution in [3.8, 4) is 5.75 Å². The Morgan fingerprint density at radius 1 is 1.21 bits per heavy atom. The molecule has 6 heteroatoms. The predicted octanol–water partition coefficient (Wildman–Crippen LogP) is 2.14. The van der Waals surface area contributed by atoms with Crippen LogP contribution in [0.25, 0.3) is 0 Å². The Morgan fingerprint density at radius 2 is 1.96 bits per heavy atom. The number of amidine groups is 1. The molecule has 0 saturated heterocycles. The van der Waals surface area contributed by atoms with E-state index < -0.39 is 0 Å². The lowest BCUT2D eigenvalue weighted by Crippen LogP contribution is -2.45. The summed E-state index contributed by atoms with van der Waals surface area (Å²) in [6.07, 6.45) is 0. The second kappa shape index (κ2) is 7.14. The van der Waals surface area contributed by atoms with Gasteiger partial charge < -0.3 is 15.5 Å². The summed E-state index contributed by atoms with van der Waals surface area (Å²) in [6.45, 7) is 1.56. The van der Waals surface area contributed by atoms with Gasteiger partial charge in [0.1, 0.15) is 11.6 Å². The predicted molar refractivity (Wildman–Crippen MR) is 94.6 cm³/mol. The summed E-state index contributed by atoms with van der Waals surface area (Å²) in [5, 5.41) is 4.93. The van der Waals surface area contributed by atoms with Crippen molar-refractivity contribution < 1.29 is 9.53 Å². The topological polar surface area (TPSA) is 66.0 Å². The fraction of sp³-hybridized carbons (Fsp3) is 0.222. The van der Waals surface area contributed by atoms with E-state index in [0.717, 1.165) is 17.9 Å². The largest absolute Gasteiger partial charge is 0.496 e. The van der Waals surface area contributed by atoms with Gasteiger partial charge >= 0.3 is 0 Å². The Balaban J connectivity index is 1.88. The van der Waals surface area contributed by atoms with Gasteiger partial charge in [-0.1, -0.05) is 24.3 Å². The highest BCUT2D eigenvalue weighted by Gasteiger charge is 2.17. The monoisotopic (exact) mass is 324 g/mol. The Morgan fingerprint density at radius 3 is 2.75 bits per heavy atom. The molecule has 0 radical (unpaired) electrons. The van der Waals surface area contributed by atoms with Crippen molar-refractivity contribution in [1.29, 1.82) is 0 Å². The molecule has 124 valence electrons. The molecule has 0 fully saturated rings. The summed E-state index contributed by atoms with van der Waals surface area (Å²) in [6, 6.07) is 14.8. The van der Waals surface area contributed by atoms with E-state index in [2.05, 4.69) is 15.7 Å². The van der Waals surface area contributed by atoms with Crippen molar-refractivity contribution in [1.82, 2.24) is 10.4 Å². The highest BCUT2D eigenvalue weighted by Crippen LogP contribution is 2.21. The van der Waals surface area contributed by atoms with Crippen molar-refractivity contribution in [2.24, 2.45) is 4.99 Å². The minimum Gasteiger partial charge on any atom is -0.496 e. The zero-order valence-corrected chi connectivity index (χ0v) is 13.7. The van der Waals surface area contributed by atoms with Gasteiger partial charge in [-0.2, -0.15) is 0 Å². The lowest BCUT2D eigenvalue weighted by atomic mass is 10.1. The normalized spacial score (nSPS) is 14.5. The molecule has 1 aliphatic rings. The molecule has 0 spiro atoms. The first-order chi connectivity index (χ1) is 11.7. The van der Waals surface area contributed by atoms with Gasteiger partial charge in [0, 0.05) is 19.2 Å². The van der Waals surface area contributed by atoms with Crippen LogP contribution in [0, 0.1) is 0 Å². The molecule has 24 heavy (non-hydrogen) atoms. The van der Waals surface area contributed by atoms with Crippen LogP contribution in [0.2, 0.25) is 0 Å². The number of benzene rings is 2. The lowest BCUT2D eigenvalue weighted by Gasteiger charge is -2.25. The fourth-order valence-corrected chi connectivity index (χ4v) is 2.55. The minimum atomic E-state index is -0.218. The van der Waals surface area contributed by atoms with Crippen molar-refractivity contribution >= 4 is 17.4 Å². The lowest BCUT2D eigenvalue weighted by molar-refractivity contribution is 0.102. The van der Waals surface area contributed by atoms with Crippen LogP contribution >= 0.6 is 0 Å². The fourth-order valence-electron chi connectivity index (χ4n) is 2.55. The number of amides is 1. The zero-order valence-electron chi connectivity index (χ0n) is 13.7. The van der Waals surface area contributed by atoms with Crippen LogP contribution < -0.4 is 15.5 Å². The third-order valence-electron chi connectivity index (χ3n) is 3.78. The Labute approximate surface area is 141 Å². The second-order valence-corrected chi connectivity index (χ2v) is 5.46. The number of methoxy groups -OCH3 is 1. The number of ether oxygens (including phenoxy) is 1. The van der Waals surface area contributed by atoms with Gasteiger partial charge in [0.15, 0.2) is 0 Å². The summed E-state index contributed by atoms with van der Waals surface area (Å²) in [7, 11) is 3.52. The van der Waals surface area contributed by atoms with E-state index in [-0.39, 0.29) is 5.91 Å². The van der Waals surface area contributed by atoms with Crippen molar-refractivity contribution in [2.75, 3.05) is 32.6 Å². The summed E-state index contributed by atoms with van der Waals surface area (Å²) in [5.74, 6) is 1.07. The number of carbonyl (C=O) groups excluding carboxylic acids is 1. The van der Waals surface area contributed by atoms with Crippen LogP contribution in [-0.2, 0) is 0 Å². The summed E-state index contributed by atoms with van der Waals surface area (Å²) >= 11 is 0. The molecule has 2 aromatic carbocycles. The SMILES string of the molecule is COc1ccccc1C(=O)Nc1ccccc1C1=NCCN(C)N1. The summed E-state index contributed by atoms with van der Waals surface area (Å²) in [4.78, 5) is 17.1. The number of nitrogens with zero attached hydrogens (tertiary/aromatic N) is 2. The van der Waals surface area contributed by atoms with Gasteiger partial charge in [-0.05, 0) is 24.3 Å². The van der Waals surface area contributed by atoms with E-state index in [0.29, 0.717) is 23.5 Å². The van der Waals surface area contributed by atoms with Gasteiger partial charge in [-0.3, -0.25) is 9.79 Å². The molecular formula is C18H20N4O2. The molecule has 1 heterocycles. The molecule has 2 N–H and O–H groups in total. The van der Waals surface area contributed by atoms with Crippen LogP contribution in [-0.4, -0.2) is 44.0 Å². The summed E-state index contributed by atoms with van der Waals surface area (Å²) in [5.41, 5.74) is 5.26. The van der Waals surface area contributed by atoms with Gasteiger partial charge in [-0.15, -0.1) is 0 Å². The smallest absolute Gasteiger partial charge is 0.259 e. The Kier molecular flexibility index (Phi) is 4.77. The average molecular weight is 324 g/mol. The minimum absolute atomic E-state index is 0.218. The van der Waals surface area contributed by atoms with Gasteiger partial charge in [0.2, 0.25) is 0 Å². The molecule has 0 unspecified atom stereocenters. The van der Waals surface area contributed by atoms with E-state index in [1.807, 2.05) is 48.5 Å². The van der Waals surface area contributed by atoms with E-state index in [1.165, 1.54) is 0 Å². The molecule has 0 aliphatic carbocycles. The first-order valence-corrected chi connectivity index (χ1v) is 7.75. The van der Waals surface area contributed by atoms with Gasteiger partial charge in [0.05, 0.1) is 24.9 Å². The Hall–Kier alpha value is -2.86. The molecule has 0 atom stereocenters. The van der Waals surface area contributed by atoms with E-state index in [1.54, 1.807) is 19.2 Å². The van der Waals surface area contributed by atoms with Gasteiger partial charge in [0.25, 0.3) is 5.91 Å². The maximum absolute atomic E-state index is 12.6. The standard InChI is InChI=1S/C18H20N4O2/c1-22-12-11-19-17(21-22)13-7-3-5-9-15(13)20-18(23)14-8-4-6-10-16(14)24-2/h3-10H,11-12H2,1-2H3,(H,19,21)(H,20,23). The number of hydrogen-bond acceptors (Lipinski definition) is 5. The molecule has 6 nitrogen and oxygen atoms in total. The molecule has 0 aromatic heterocycles. The number of likely N-dealkylation sites (N-methyl/N-ethyl adjacent to an activating group) is 1. The number of aliphatic imine (C=N–C) groups is 1. The van der Waals surface area contributed by atoms with Crippen LogP contribution in [0.4, 0.5) is 5.69 Å². The number of hydrogen-bond donors (Lipinski definition) is 2. The first-order valence-electron chi connectivity index (χ1n) is 7.75. The molecule has 0 bridgehead atoms. The van der Waals surface area contributed by atoms with Crippen LogP contribution in [0.5, 0.6) is 5.75 Å². The van der Waals surface area contributed by atoms with Gasteiger partial charge in [-0.25, -0.2) is 5.01 Å². The number of hydrazine groups is 1. The Bertz CT molecular complexity index is 773. The maximum Gasteiger partial charge on any atom is 0.259 e. The molecule has 0 saturated carbocycles. The number of anilines is 1. The molecule has 1 amide bonds. The third-order valence-corrected chi connectivity index (χ3v) is 3.78. The average Bonchev–Trinajstić information content (AvgIpc) is 2.62. The molecular weight excluding hydrogens is 304 g/mol. The second-order valence-electron chi connectivity index (χ2n) is 5.46. The van der Waals surface area contributed by atoms with Crippen molar-refractivity contribution in [3.05, 3.63) is 59.7 Å². The third kappa shape index (κ3) is 3.38. The van der Waals surface area contributed by atoms with E-state index >= 15 is 0 Å². The summed E-state index contributed by atoms with van der Waals surface area (Å²) < 4.78 is 5.26. The van der Waals surface area contributed by atoms with Crippen LogP contribution in [0.3, 0.4) is 0 Å². The maximum atomic E-state index is 12.6. The van der Waals surface area contributed by atoms with E-state index in [9.17, 15) is 4.79 Å². The number of nitrogens with one attached hydrogen (secondary N) is 2. The quantitative estimate of drug-likeness (QED) is 0.904. The zero-order chi connectivity index (χ0) is 16.9. The molecule has 2 aromatic rings. The van der Waals surface area contributed by atoms with Crippen LogP contribution in [0.15, 0.2) is 53.5 Å². The van der Waals surface area contributed by atoms with Crippen molar-refractivity contribution in [3.63, 3.8) is 0 Å². The molecule has 1 aliphatic heterocycles. The van der Waals surface area contributed by atoms with Crippen molar-refractivity contribution in [2.45, 2.75) is 0 Å². The number of rotatable bonds is 4. The highest BCUT2D eigenvalue weighted by atomic mass is 16.5. The number of para-hydroxylation sites is 2. The number of carbonyl (C=O) groups is 1. The van der Waals surface area contributed by atoms with Crippen LogP contribution in [0.1, 0.15) is 15.9 Å². The molecule has 3 rings (SSSR count). The first kappa shape index (κ1) is 16.0. The highest BCUT2D eigenvalue weighted by molar-refractivity contribution is 6.11. The van der Waals surface area contributed by atoms with E-state index in [4.69, 9.17) is 4.74 Å².